The van der Waals surface area contributed by atoms with E-state index in [9.17, 15) is 0 Å². The van der Waals surface area contributed by atoms with Gasteiger partial charge in [0, 0.05) is 64.7 Å². The van der Waals surface area contributed by atoms with Gasteiger partial charge in [-0.05, 0) is 227 Å². The van der Waals surface area contributed by atoms with Crippen molar-refractivity contribution in [1.82, 2.24) is 13.7 Å². The minimum Gasteiger partial charge on any atom is -0.309 e. The Hall–Kier alpha value is -12.6. The average Bonchev–Trinajstić information content (AvgIpc) is 1.56. The summed E-state index contributed by atoms with van der Waals surface area (Å²) in [7, 11) is 0. The molecule has 0 bridgehead atoms. The van der Waals surface area contributed by atoms with Crippen LogP contribution in [-0.4, -0.2) is 13.7 Å². The lowest BCUT2D eigenvalue weighted by Gasteiger charge is -2.22. The molecule has 0 unspecified atom stereocenters. The normalized spacial score (nSPS) is 13.2. The number of nitrogens with zero attached hydrogens (tertiary/aromatic N) is 3. The van der Waals surface area contributed by atoms with Gasteiger partial charge in [0.25, 0.3) is 0 Å². The van der Waals surface area contributed by atoms with Crippen molar-refractivity contribution in [3.05, 3.63) is 402 Å². The van der Waals surface area contributed by atoms with E-state index in [0.717, 1.165) is 16.6 Å². The molecule has 16 aromatic carbocycles. The van der Waals surface area contributed by atoms with E-state index < -0.39 is 0 Å². The molecule has 0 spiro atoms. The second kappa shape index (κ2) is 25.3. The molecule has 3 heterocycles. The van der Waals surface area contributed by atoms with Crippen LogP contribution in [0.4, 0.5) is 0 Å². The standard InChI is InChI=1S/C51H36N2.C37H25N.C15H13Br/c1-51(2)45-17-9-6-14-39(45)40-27-26-38(32-46(40)51)53-48-19-11-8-16-42(48)44-31-36(23-29-50(44)53)35-22-28-49-43(30-35)41-15-7-10-18-47(41)52(49)37-24-20-34(21-25-37)33-12-4-3-5-13-33;1-2-8-25(9-3-1)26-16-19-31(20-17-26)38-36-13-7-6-12-33(36)35-24-28(18-21-37(35)38)27-14-15-30-22-29-10-4-5-11-32(29)34(30)23-27;1-15(2)13-6-4-3-5-11(13)12-8-7-10(16)9-14(12)15/h3-32H,1-2H3;1-21,23-24H,22H2;3-9H,1-2H3. The van der Waals surface area contributed by atoms with Crippen molar-refractivity contribution in [2.75, 3.05) is 0 Å². The highest BCUT2D eigenvalue weighted by atomic mass is 79.9. The number of benzene rings is 16. The number of fused-ring (bicyclic) bond motifs is 18. The molecular formula is C103H74BrN3. The Balaban J connectivity index is 0.000000121. The van der Waals surface area contributed by atoms with Gasteiger partial charge in [-0.1, -0.05) is 298 Å². The highest BCUT2D eigenvalue weighted by molar-refractivity contribution is 9.10. The predicted octanol–water partition coefficient (Wildman–Crippen LogP) is 28.0. The summed E-state index contributed by atoms with van der Waals surface area (Å²) in [6.07, 6.45) is 1.03. The van der Waals surface area contributed by atoms with Gasteiger partial charge in [0.15, 0.2) is 0 Å². The van der Waals surface area contributed by atoms with Gasteiger partial charge in [0.2, 0.25) is 0 Å². The molecule has 19 aromatic rings. The van der Waals surface area contributed by atoms with Crippen LogP contribution in [-0.2, 0) is 17.3 Å². The van der Waals surface area contributed by atoms with E-state index in [1.54, 1.807) is 0 Å². The maximum absolute atomic E-state index is 3.56. The molecule has 0 amide bonds. The van der Waals surface area contributed by atoms with E-state index >= 15 is 0 Å². The highest BCUT2D eigenvalue weighted by Gasteiger charge is 2.37. The van der Waals surface area contributed by atoms with Crippen LogP contribution in [0.1, 0.15) is 61.1 Å². The van der Waals surface area contributed by atoms with Crippen LogP contribution in [0.3, 0.4) is 0 Å². The minimum absolute atomic E-state index is 0.0543. The Morgan fingerprint density at radius 2 is 0.542 bits per heavy atom. The van der Waals surface area contributed by atoms with Crippen LogP contribution >= 0.6 is 15.9 Å². The van der Waals surface area contributed by atoms with E-state index in [0.29, 0.717) is 0 Å². The largest absolute Gasteiger partial charge is 0.309 e. The number of hydrogen-bond acceptors (Lipinski definition) is 0. The first kappa shape index (κ1) is 64.0. The van der Waals surface area contributed by atoms with Crippen LogP contribution in [0.15, 0.2) is 368 Å². The Morgan fingerprint density at radius 3 is 1.03 bits per heavy atom. The topological polar surface area (TPSA) is 14.8 Å². The van der Waals surface area contributed by atoms with Crippen LogP contribution in [0, 0.1) is 0 Å². The fourth-order valence-corrected chi connectivity index (χ4v) is 18.3. The van der Waals surface area contributed by atoms with Gasteiger partial charge in [-0.25, -0.2) is 0 Å². The van der Waals surface area contributed by atoms with Gasteiger partial charge in [0.05, 0.1) is 33.1 Å². The number of halogens is 1. The molecule has 3 nitrogen and oxygen atoms in total. The smallest absolute Gasteiger partial charge is 0.0541 e. The Labute approximate surface area is 632 Å². The molecule has 3 aliphatic rings. The molecule has 0 radical (unpaired) electrons. The summed E-state index contributed by atoms with van der Waals surface area (Å²) >= 11 is 3.56. The van der Waals surface area contributed by atoms with Crippen molar-refractivity contribution in [2.24, 2.45) is 0 Å². The maximum atomic E-state index is 3.56. The fraction of sp³-hybridized carbons (Fsp3) is 0.0680. The third-order valence-corrected chi connectivity index (χ3v) is 23.8. The van der Waals surface area contributed by atoms with Crippen molar-refractivity contribution in [1.29, 1.82) is 0 Å². The van der Waals surface area contributed by atoms with E-state index in [4.69, 9.17) is 0 Å². The van der Waals surface area contributed by atoms with Gasteiger partial charge in [0.1, 0.15) is 0 Å². The molecule has 0 N–H and O–H groups in total. The zero-order valence-corrected chi connectivity index (χ0v) is 61.7. The quantitative estimate of drug-likeness (QED) is 0.151. The summed E-state index contributed by atoms with van der Waals surface area (Å²) in [5.74, 6) is 0. The fourth-order valence-electron chi connectivity index (χ4n) is 18.0. The predicted molar refractivity (Wildman–Crippen MR) is 455 cm³/mol. The Bertz CT molecular complexity index is 6760. The average molecular weight is 1430 g/mol. The van der Waals surface area contributed by atoms with Crippen molar-refractivity contribution in [3.8, 4) is 95.0 Å². The van der Waals surface area contributed by atoms with Crippen molar-refractivity contribution >= 4 is 81.3 Å². The lowest BCUT2D eigenvalue weighted by atomic mass is 9.82. The monoisotopic (exact) mass is 1430 g/mol. The van der Waals surface area contributed by atoms with E-state index in [-0.39, 0.29) is 10.8 Å². The molecule has 0 saturated heterocycles. The van der Waals surface area contributed by atoms with Gasteiger partial charge in [-0.15, -0.1) is 0 Å². The zero-order valence-electron chi connectivity index (χ0n) is 60.1. The summed E-state index contributed by atoms with van der Waals surface area (Å²) < 4.78 is 8.40. The summed E-state index contributed by atoms with van der Waals surface area (Å²) in [5.41, 5.74) is 37.5. The van der Waals surface area contributed by atoms with Crippen LogP contribution in [0.25, 0.3) is 160 Å². The molecule has 0 saturated carbocycles. The Kier molecular flexibility index (Phi) is 15.2. The molecule has 3 aromatic heterocycles. The number of para-hydroxylation sites is 3. The molecule has 4 heteroatoms. The summed E-state index contributed by atoms with van der Waals surface area (Å²) in [6.45, 7) is 9.30. The number of rotatable bonds is 7. The van der Waals surface area contributed by atoms with Crippen molar-refractivity contribution < 1.29 is 0 Å². The van der Waals surface area contributed by atoms with Gasteiger partial charge >= 0.3 is 0 Å². The van der Waals surface area contributed by atoms with Crippen LogP contribution < -0.4 is 0 Å². The summed E-state index contributed by atoms with van der Waals surface area (Å²) in [6, 6.07) is 133. The molecule has 107 heavy (non-hydrogen) atoms. The summed E-state index contributed by atoms with van der Waals surface area (Å²) in [5, 5.41) is 7.62. The first-order chi connectivity index (χ1) is 52.5. The molecule has 0 fully saturated rings. The van der Waals surface area contributed by atoms with E-state index in [1.807, 2.05) is 0 Å². The molecule has 508 valence electrons. The van der Waals surface area contributed by atoms with E-state index in [2.05, 4.69) is 421 Å². The molecular weight excluding hydrogens is 1360 g/mol. The van der Waals surface area contributed by atoms with Crippen LogP contribution in [0.2, 0.25) is 0 Å². The lowest BCUT2D eigenvalue weighted by Crippen LogP contribution is -2.15. The third kappa shape index (κ3) is 10.6. The minimum atomic E-state index is -0.0543. The number of hydrogen-bond donors (Lipinski definition) is 0. The lowest BCUT2D eigenvalue weighted by molar-refractivity contribution is 0.660. The van der Waals surface area contributed by atoms with Crippen molar-refractivity contribution in [3.63, 3.8) is 0 Å². The zero-order chi connectivity index (χ0) is 71.7. The van der Waals surface area contributed by atoms with Gasteiger partial charge < -0.3 is 13.7 Å². The molecule has 0 atom stereocenters. The molecule has 22 rings (SSSR count). The van der Waals surface area contributed by atoms with Crippen molar-refractivity contribution in [2.45, 2.75) is 44.9 Å². The summed E-state index contributed by atoms with van der Waals surface area (Å²) in [4.78, 5) is 0. The second-order valence-corrected chi connectivity index (χ2v) is 31.0. The second-order valence-electron chi connectivity index (χ2n) is 30.0. The van der Waals surface area contributed by atoms with Crippen LogP contribution in [0.5, 0.6) is 0 Å². The molecule has 3 aliphatic carbocycles. The molecule has 0 aliphatic heterocycles. The van der Waals surface area contributed by atoms with Gasteiger partial charge in [-0.2, -0.15) is 0 Å². The number of aromatic nitrogens is 3. The maximum Gasteiger partial charge on any atom is 0.0541 e. The van der Waals surface area contributed by atoms with Gasteiger partial charge in [-0.3, -0.25) is 0 Å². The highest BCUT2D eigenvalue weighted by Crippen LogP contribution is 2.52. The Morgan fingerprint density at radius 1 is 0.215 bits per heavy atom. The third-order valence-electron chi connectivity index (χ3n) is 23.3. The SMILES string of the molecule is CC1(C)c2ccccc2-c2ccc(-n3c4ccccc4c4cc(-c5ccc6c(c5)c5ccccc5n6-c5ccc(-c6ccccc6)cc5)ccc43)cc21.CC1(C)c2ccccc2-c2ccc(Br)cc21.c1ccc(-c2ccc(-n3c4ccccc4c4cc(-c5ccc6c(c5)-c5ccccc5C6)ccc43)cc2)cc1. The first-order valence-electron chi connectivity index (χ1n) is 37.3. The first-order valence-corrected chi connectivity index (χ1v) is 38.1. The van der Waals surface area contributed by atoms with E-state index in [1.165, 1.54) is 188 Å².